The van der Waals surface area contributed by atoms with Crippen LogP contribution in [0.1, 0.15) is 5.56 Å². The smallest absolute Gasteiger partial charge is 0.220 e. The number of hydrogen-bond donors (Lipinski definition) is 4. The average molecular weight is 221 g/mol. The van der Waals surface area contributed by atoms with E-state index in [2.05, 4.69) is 9.98 Å². The summed E-state index contributed by atoms with van der Waals surface area (Å²) in [6.45, 7) is 0.526. The second-order valence-corrected chi connectivity index (χ2v) is 3.08. The quantitative estimate of drug-likeness (QED) is 0.323. The Labute approximate surface area is 93.7 Å². The zero-order valence-electron chi connectivity index (χ0n) is 8.80. The Morgan fingerprint density at radius 1 is 1.25 bits per heavy atom. The van der Waals surface area contributed by atoms with Crippen LogP contribution in [-0.2, 0) is 6.42 Å². The summed E-state index contributed by atoms with van der Waals surface area (Å²) in [5, 5.41) is 8.37. The molecule has 6 nitrogen and oxygen atoms in total. The normalized spacial score (nSPS) is 12.6. The summed E-state index contributed by atoms with van der Waals surface area (Å²) in [4.78, 5) is 7.57. The van der Waals surface area contributed by atoms with Crippen LogP contribution in [0.15, 0.2) is 40.3 Å². The lowest BCUT2D eigenvalue weighted by Crippen LogP contribution is -2.30. The molecule has 0 fully saturated rings. The number of aliphatic imine (C=N–C) groups is 2. The van der Waals surface area contributed by atoms with Gasteiger partial charge in [0.2, 0.25) is 11.9 Å². The number of benzene rings is 1. The molecule has 0 aliphatic heterocycles. The molecule has 1 aromatic rings. The van der Waals surface area contributed by atoms with Gasteiger partial charge in [-0.3, -0.25) is 10.2 Å². The van der Waals surface area contributed by atoms with E-state index in [0.29, 0.717) is 6.54 Å². The molecule has 0 bridgehead atoms. The summed E-state index contributed by atoms with van der Waals surface area (Å²) >= 11 is 0. The second-order valence-electron chi connectivity index (χ2n) is 3.08. The predicted molar refractivity (Wildman–Crippen MR) is 63.2 cm³/mol. The highest BCUT2D eigenvalue weighted by Gasteiger charge is 1.93. The third-order valence-corrected chi connectivity index (χ3v) is 1.87. The number of nitrogens with one attached hydrogen (secondary N) is 1. The van der Waals surface area contributed by atoms with Gasteiger partial charge in [0.25, 0.3) is 0 Å². The van der Waals surface area contributed by atoms with E-state index in [9.17, 15) is 0 Å². The van der Waals surface area contributed by atoms with Crippen molar-refractivity contribution in [3.05, 3.63) is 35.9 Å². The van der Waals surface area contributed by atoms with Crippen molar-refractivity contribution in [2.45, 2.75) is 6.42 Å². The minimum absolute atomic E-state index is 0.0370. The Hall–Kier alpha value is -2.08. The molecule has 16 heavy (non-hydrogen) atoms. The standard InChI is InChI=1S/C10H15N5O/c11-9(14-10(12)15-16)13-7-6-8-4-2-1-3-5-8/h1-5,16H,6-7H2,(H5,11,12,13,14,15). The van der Waals surface area contributed by atoms with E-state index >= 15 is 0 Å². The summed E-state index contributed by atoms with van der Waals surface area (Å²) < 4.78 is 0. The molecule has 1 rings (SSSR count). The first kappa shape index (κ1) is 12.0. The fraction of sp³-hybridized carbons (Fsp3) is 0.200. The van der Waals surface area contributed by atoms with E-state index in [1.807, 2.05) is 30.3 Å². The molecule has 0 radical (unpaired) electrons. The molecule has 0 unspecified atom stereocenters. The van der Waals surface area contributed by atoms with Crippen LogP contribution in [-0.4, -0.2) is 23.7 Å². The van der Waals surface area contributed by atoms with Crippen molar-refractivity contribution < 1.29 is 5.21 Å². The number of rotatable bonds is 3. The number of nitrogens with zero attached hydrogens (tertiary/aromatic N) is 2. The van der Waals surface area contributed by atoms with Gasteiger partial charge in [-0.25, -0.2) is 5.48 Å². The fourth-order valence-electron chi connectivity index (χ4n) is 1.13. The van der Waals surface area contributed by atoms with Crippen LogP contribution in [0.3, 0.4) is 0 Å². The van der Waals surface area contributed by atoms with Gasteiger partial charge < -0.3 is 11.5 Å². The van der Waals surface area contributed by atoms with Crippen LogP contribution in [0.4, 0.5) is 0 Å². The van der Waals surface area contributed by atoms with Crippen LogP contribution in [0, 0.1) is 0 Å². The third-order valence-electron chi connectivity index (χ3n) is 1.87. The number of nitrogens with two attached hydrogens (primary N) is 2. The van der Waals surface area contributed by atoms with Gasteiger partial charge in [0.1, 0.15) is 0 Å². The van der Waals surface area contributed by atoms with Crippen LogP contribution in [0.25, 0.3) is 0 Å². The SMILES string of the molecule is NC(=NCCc1ccccc1)/N=C(/N)NO. The number of guanidine groups is 2. The summed E-state index contributed by atoms with van der Waals surface area (Å²) in [7, 11) is 0. The van der Waals surface area contributed by atoms with E-state index in [0.717, 1.165) is 6.42 Å². The average Bonchev–Trinajstić information content (AvgIpc) is 2.30. The summed E-state index contributed by atoms with van der Waals surface area (Å²) in [5.74, 6) is -0.143. The van der Waals surface area contributed by atoms with E-state index in [4.69, 9.17) is 16.7 Å². The molecule has 0 atom stereocenters. The van der Waals surface area contributed by atoms with E-state index in [-0.39, 0.29) is 11.9 Å². The van der Waals surface area contributed by atoms with Crippen molar-refractivity contribution in [2.75, 3.05) is 6.54 Å². The molecule has 6 heteroatoms. The van der Waals surface area contributed by atoms with Crippen molar-refractivity contribution in [3.63, 3.8) is 0 Å². The summed E-state index contributed by atoms with van der Waals surface area (Å²) in [5.41, 5.74) is 13.5. The molecule has 0 heterocycles. The van der Waals surface area contributed by atoms with Crippen LogP contribution in [0.5, 0.6) is 0 Å². The zero-order chi connectivity index (χ0) is 11.8. The van der Waals surface area contributed by atoms with Gasteiger partial charge in [-0.2, -0.15) is 4.99 Å². The maximum Gasteiger partial charge on any atom is 0.220 e. The van der Waals surface area contributed by atoms with Crippen LogP contribution < -0.4 is 16.9 Å². The van der Waals surface area contributed by atoms with Crippen LogP contribution in [0.2, 0.25) is 0 Å². The van der Waals surface area contributed by atoms with Crippen molar-refractivity contribution in [3.8, 4) is 0 Å². The monoisotopic (exact) mass is 221 g/mol. The third kappa shape index (κ3) is 4.43. The van der Waals surface area contributed by atoms with E-state index in [1.54, 1.807) is 5.48 Å². The Kier molecular flexibility index (Phi) is 4.81. The van der Waals surface area contributed by atoms with E-state index < -0.39 is 0 Å². The molecule has 0 amide bonds. The van der Waals surface area contributed by atoms with Gasteiger partial charge in [-0.1, -0.05) is 30.3 Å². The Morgan fingerprint density at radius 3 is 2.56 bits per heavy atom. The maximum absolute atomic E-state index is 8.37. The maximum atomic E-state index is 8.37. The topological polar surface area (TPSA) is 109 Å². The minimum atomic E-state index is -0.180. The Morgan fingerprint density at radius 2 is 1.94 bits per heavy atom. The lowest BCUT2D eigenvalue weighted by Gasteiger charge is -1.98. The first-order chi connectivity index (χ1) is 7.72. The molecule has 0 aliphatic carbocycles. The van der Waals surface area contributed by atoms with Gasteiger partial charge in [-0.05, 0) is 12.0 Å². The molecule has 0 aromatic heterocycles. The van der Waals surface area contributed by atoms with Gasteiger partial charge in [0.05, 0.1) is 0 Å². The lowest BCUT2D eigenvalue weighted by molar-refractivity contribution is 0.233. The largest absolute Gasteiger partial charge is 0.368 e. The first-order valence-corrected chi connectivity index (χ1v) is 4.80. The molecule has 0 saturated heterocycles. The molecule has 6 N–H and O–H groups in total. The van der Waals surface area contributed by atoms with Crippen molar-refractivity contribution in [2.24, 2.45) is 21.5 Å². The number of hydrogen-bond acceptors (Lipinski definition) is 2. The van der Waals surface area contributed by atoms with E-state index in [1.165, 1.54) is 5.56 Å². The first-order valence-electron chi connectivity index (χ1n) is 4.80. The van der Waals surface area contributed by atoms with Crippen molar-refractivity contribution in [1.82, 2.24) is 5.48 Å². The molecule has 1 aromatic carbocycles. The van der Waals surface area contributed by atoms with Crippen LogP contribution >= 0.6 is 0 Å². The molecular weight excluding hydrogens is 206 g/mol. The number of hydroxylamine groups is 1. The predicted octanol–water partition coefficient (Wildman–Crippen LogP) is -0.163. The van der Waals surface area contributed by atoms with Crippen molar-refractivity contribution in [1.29, 1.82) is 0 Å². The lowest BCUT2D eigenvalue weighted by atomic mass is 10.2. The highest BCUT2D eigenvalue weighted by molar-refractivity contribution is 5.92. The molecule has 0 aliphatic rings. The Balaban J connectivity index is 2.43. The highest BCUT2D eigenvalue weighted by Crippen LogP contribution is 1.99. The molecule has 0 spiro atoms. The minimum Gasteiger partial charge on any atom is -0.368 e. The van der Waals surface area contributed by atoms with Gasteiger partial charge in [0, 0.05) is 6.54 Å². The summed E-state index contributed by atoms with van der Waals surface area (Å²) in [6, 6.07) is 9.92. The molecule has 0 saturated carbocycles. The fourth-order valence-corrected chi connectivity index (χ4v) is 1.13. The summed E-state index contributed by atoms with van der Waals surface area (Å²) in [6.07, 6.45) is 0.781. The second kappa shape index (κ2) is 6.41. The van der Waals surface area contributed by atoms with Gasteiger partial charge in [0.15, 0.2) is 0 Å². The highest BCUT2D eigenvalue weighted by atomic mass is 16.5. The molecular formula is C10H15N5O. The Bertz CT molecular complexity index is 374. The van der Waals surface area contributed by atoms with Gasteiger partial charge in [-0.15, -0.1) is 0 Å². The van der Waals surface area contributed by atoms with Crippen molar-refractivity contribution >= 4 is 11.9 Å². The van der Waals surface area contributed by atoms with Gasteiger partial charge >= 0.3 is 0 Å². The molecule has 86 valence electrons. The zero-order valence-corrected chi connectivity index (χ0v) is 8.80.